The summed E-state index contributed by atoms with van der Waals surface area (Å²) in [4.78, 5) is 2.27. The molecule has 1 heterocycles. The zero-order valence-corrected chi connectivity index (χ0v) is 13.1. The Morgan fingerprint density at radius 2 is 1.81 bits per heavy atom. The van der Waals surface area contributed by atoms with Crippen LogP contribution in [0.1, 0.15) is 12.5 Å². The Balaban J connectivity index is 1.96. The van der Waals surface area contributed by atoms with Crippen molar-refractivity contribution in [3.63, 3.8) is 0 Å². The lowest BCUT2D eigenvalue weighted by molar-refractivity contribution is 0.122. The van der Waals surface area contributed by atoms with Gasteiger partial charge in [-0.25, -0.2) is 10.9 Å². The van der Waals surface area contributed by atoms with E-state index in [4.69, 9.17) is 11.6 Å². The second kappa shape index (κ2) is 5.78. The first-order valence-corrected chi connectivity index (χ1v) is 7.50. The van der Waals surface area contributed by atoms with Crippen LogP contribution in [-0.2, 0) is 5.54 Å². The van der Waals surface area contributed by atoms with Gasteiger partial charge in [-0.1, -0.05) is 41.9 Å². The lowest BCUT2D eigenvalue weighted by Crippen LogP contribution is -2.61. The van der Waals surface area contributed by atoms with Gasteiger partial charge in [-0.15, -0.1) is 0 Å². The van der Waals surface area contributed by atoms with Crippen molar-refractivity contribution in [2.75, 3.05) is 20.3 Å². The predicted octanol–water partition coefficient (Wildman–Crippen LogP) is 3.22. The van der Waals surface area contributed by atoms with E-state index >= 15 is 0 Å². The fourth-order valence-electron chi connectivity index (χ4n) is 2.88. The van der Waals surface area contributed by atoms with Crippen molar-refractivity contribution in [1.82, 2.24) is 15.8 Å². The van der Waals surface area contributed by atoms with E-state index in [2.05, 4.69) is 60.1 Å². The SMILES string of the molecule is CN1CNNC(C)(c2cccc(-c3cccc(Cl)c3)c2)C1. The minimum atomic E-state index is -0.110. The summed E-state index contributed by atoms with van der Waals surface area (Å²) in [7, 11) is 2.12. The Morgan fingerprint density at radius 1 is 1.10 bits per heavy atom. The number of benzene rings is 2. The molecule has 0 spiro atoms. The molecule has 110 valence electrons. The van der Waals surface area contributed by atoms with Crippen LogP contribution in [0.15, 0.2) is 48.5 Å². The number of hydrogen-bond acceptors (Lipinski definition) is 3. The Labute approximate surface area is 130 Å². The third-order valence-corrected chi connectivity index (χ3v) is 4.19. The highest BCUT2D eigenvalue weighted by atomic mass is 35.5. The molecule has 0 amide bonds. The first kappa shape index (κ1) is 14.5. The van der Waals surface area contributed by atoms with Crippen LogP contribution in [0.2, 0.25) is 5.02 Å². The van der Waals surface area contributed by atoms with E-state index in [1.807, 2.05) is 18.2 Å². The molecule has 1 unspecified atom stereocenters. The standard InChI is InChI=1S/C17H20ClN3/c1-17(11-21(2)12-19-20-17)15-7-3-5-13(9-15)14-6-4-8-16(18)10-14/h3-10,19-20H,11-12H2,1-2H3. The van der Waals surface area contributed by atoms with E-state index in [9.17, 15) is 0 Å². The van der Waals surface area contributed by atoms with Crippen LogP contribution in [0.5, 0.6) is 0 Å². The van der Waals surface area contributed by atoms with Gasteiger partial charge in [0.15, 0.2) is 0 Å². The van der Waals surface area contributed by atoms with Crippen LogP contribution in [0.25, 0.3) is 11.1 Å². The first-order valence-electron chi connectivity index (χ1n) is 7.12. The molecule has 3 rings (SSSR count). The number of likely N-dealkylation sites (N-methyl/N-ethyl adjacent to an activating group) is 1. The Morgan fingerprint density at radius 3 is 2.52 bits per heavy atom. The van der Waals surface area contributed by atoms with E-state index in [1.54, 1.807) is 0 Å². The number of nitrogens with zero attached hydrogens (tertiary/aromatic N) is 1. The number of rotatable bonds is 2. The van der Waals surface area contributed by atoms with E-state index in [0.29, 0.717) is 0 Å². The number of hydrogen-bond donors (Lipinski definition) is 2. The fourth-order valence-corrected chi connectivity index (χ4v) is 3.07. The maximum atomic E-state index is 6.10. The average Bonchev–Trinajstić information content (AvgIpc) is 2.47. The predicted molar refractivity (Wildman–Crippen MR) is 88.0 cm³/mol. The summed E-state index contributed by atoms with van der Waals surface area (Å²) in [6, 6.07) is 16.6. The summed E-state index contributed by atoms with van der Waals surface area (Å²) in [5.41, 5.74) is 10.1. The molecule has 3 nitrogen and oxygen atoms in total. The maximum absolute atomic E-state index is 6.10. The second-order valence-electron chi connectivity index (χ2n) is 5.90. The molecule has 0 aliphatic carbocycles. The highest BCUT2D eigenvalue weighted by molar-refractivity contribution is 6.30. The second-order valence-corrected chi connectivity index (χ2v) is 6.33. The van der Waals surface area contributed by atoms with E-state index < -0.39 is 0 Å². The number of hydrazine groups is 1. The van der Waals surface area contributed by atoms with Gasteiger partial charge < -0.3 is 0 Å². The average molecular weight is 302 g/mol. The molecule has 2 aromatic carbocycles. The monoisotopic (exact) mass is 301 g/mol. The van der Waals surface area contributed by atoms with Crippen molar-refractivity contribution in [3.05, 3.63) is 59.1 Å². The van der Waals surface area contributed by atoms with Crippen LogP contribution in [0, 0.1) is 0 Å². The summed E-state index contributed by atoms with van der Waals surface area (Å²) in [6.07, 6.45) is 0. The third kappa shape index (κ3) is 3.11. The van der Waals surface area contributed by atoms with Crippen LogP contribution >= 0.6 is 11.6 Å². The largest absolute Gasteiger partial charge is 0.290 e. The molecule has 4 heteroatoms. The van der Waals surface area contributed by atoms with E-state index in [1.165, 1.54) is 11.1 Å². The van der Waals surface area contributed by atoms with Crippen molar-refractivity contribution < 1.29 is 0 Å². The molecule has 1 aliphatic heterocycles. The molecule has 2 aromatic rings. The van der Waals surface area contributed by atoms with Crippen LogP contribution in [0.4, 0.5) is 0 Å². The normalized spacial score (nSPS) is 23.2. The lowest BCUT2D eigenvalue weighted by Gasteiger charge is -2.40. The zero-order valence-electron chi connectivity index (χ0n) is 12.4. The molecule has 0 saturated carbocycles. The molecule has 1 saturated heterocycles. The third-order valence-electron chi connectivity index (χ3n) is 3.96. The first-order chi connectivity index (χ1) is 10.1. The number of nitrogens with one attached hydrogen (secondary N) is 2. The van der Waals surface area contributed by atoms with Crippen molar-refractivity contribution in [3.8, 4) is 11.1 Å². The molecule has 2 N–H and O–H groups in total. The summed E-state index contributed by atoms with van der Waals surface area (Å²) in [6.45, 7) is 4.02. The van der Waals surface area contributed by atoms with Gasteiger partial charge in [0, 0.05) is 11.6 Å². The summed E-state index contributed by atoms with van der Waals surface area (Å²) in [5, 5.41) is 0.765. The van der Waals surface area contributed by atoms with Crippen molar-refractivity contribution in [1.29, 1.82) is 0 Å². The highest BCUT2D eigenvalue weighted by Crippen LogP contribution is 2.29. The highest BCUT2D eigenvalue weighted by Gasteiger charge is 2.31. The molecule has 1 aliphatic rings. The van der Waals surface area contributed by atoms with Crippen molar-refractivity contribution in [2.45, 2.75) is 12.5 Å². The number of halogens is 1. The Hall–Kier alpha value is -1.39. The van der Waals surface area contributed by atoms with E-state index in [0.717, 1.165) is 23.8 Å². The molecular formula is C17H20ClN3. The minimum absolute atomic E-state index is 0.110. The van der Waals surface area contributed by atoms with Crippen LogP contribution in [0.3, 0.4) is 0 Å². The Kier molecular flexibility index (Phi) is 4.00. The minimum Gasteiger partial charge on any atom is -0.290 e. The summed E-state index contributed by atoms with van der Waals surface area (Å²) < 4.78 is 0. The van der Waals surface area contributed by atoms with Gasteiger partial charge in [-0.05, 0) is 48.9 Å². The Bertz CT molecular complexity index is 643. The van der Waals surface area contributed by atoms with Gasteiger partial charge in [0.2, 0.25) is 0 Å². The van der Waals surface area contributed by atoms with Gasteiger partial charge in [0.1, 0.15) is 0 Å². The molecule has 0 bridgehead atoms. The van der Waals surface area contributed by atoms with Crippen molar-refractivity contribution in [2.24, 2.45) is 0 Å². The molecule has 0 radical (unpaired) electrons. The molecule has 0 aromatic heterocycles. The van der Waals surface area contributed by atoms with Crippen LogP contribution < -0.4 is 10.9 Å². The molecule has 21 heavy (non-hydrogen) atoms. The quantitative estimate of drug-likeness (QED) is 0.892. The fraction of sp³-hybridized carbons (Fsp3) is 0.294. The smallest absolute Gasteiger partial charge is 0.0671 e. The van der Waals surface area contributed by atoms with Gasteiger partial charge in [0.05, 0.1) is 12.2 Å². The van der Waals surface area contributed by atoms with E-state index in [-0.39, 0.29) is 5.54 Å². The molecular weight excluding hydrogens is 282 g/mol. The van der Waals surface area contributed by atoms with Gasteiger partial charge in [0.25, 0.3) is 0 Å². The zero-order chi connectivity index (χ0) is 14.9. The summed E-state index contributed by atoms with van der Waals surface area (Å²) >= 11 is 6.10. The van der Waals surface area contributed by atoms with Gasteiger partial charge in [-0.2, -0.15) is 0 Å². The maximum Gasteiger partial charge on any atom is 0.0671 e. The van der Waals surface area contributed by atoms with Gasteiger partial charge >= 0.3 is 0 Å². The summed E-state index contributed by atoms with van der Waals surface area (Å²) in [5.74, 6) is 0. The van der Waals surface area contributed by atoms with Crippen molar-refractivity contribution >= 4 is 11.6 Å². The van der Waals surface area contributed by atoms with Crippen LogP contribution in [-0.4, -0.2) is 25.2 Å². The topological polar surface area (TPSA) is 27.3 Å². The molecule has 1 atom stereocenters. The lowest BCUT2D eigenvalue weighted by atomic mass is 9.89. The molecule has 1 fully saturated rings. The van der Waals surface area contributed by atoms with Gasteiger partial charge in [-0.3, -0.25) is 4.90 Å².